The van der Waals surface area contributed by atoms with E-state index in [1.54, 1.807) is 0 Å². The SMILES string of the molecule is CN1CCC(CO)C1(C)C. The van der Waals surface area contributed by atoms with Gasteiger partial charge < -0.3 is 10.0 Å². The molecule has 1 atom stereocenters. The third-order valence-corrected chi connectivity index (χ3v) is 3.02. The molecular formula is C8H17NO. The van der Waals surface area contributed by atoms with E-state index in [1.165, 1.54) is 0 Å². The maximum Gasteiger partial charge on any atom is 0.0477 e. The normalized spacial score (nSPS) is 33.0. The quantitative estimate of drug-likeness (QED) is 0.584. The van der Waals surface area contributed by atoms with Gasteiger partial charge in [-0.25, -0.2) is 0 Å². The number of rotatable bonds is 1. The summed E-state index contributed by atoms with van der Waals surface area (Å²) in [7, 11) is 2.12. The third kappa shape index (κ3) is 1.06. The van der Waals surface area contributed by atoms with Crippen LogP contribution in [0, 0.1) is 5.92 Å². The molecule has 0 aromatic carbocycles. The van der Waals surface area contributed by atoms with Gasteiger partial charge >= 0.3 is 0 Å². The first kappa shape index (κ1) is 8.02. The summed E-state index contributed by atoms with van der Waals surface area (Å²) in [6, 6.07) is 0. The molecule has 0 aromatic rings. The lowest BCUT2D eigenvalue weighted by Gasteiger charge is -2.32. The maximum atomic E-state index is 8.99. The number of nitrogens with zero attached hydrogens (tertiary/aromatic N) is 1. The van der Waals surface area contributed by atoms with Crippen LogP contribution in [0.3, 0.4) is 0 Å². The second-order valence-electron chi connectivity index (χ2n) is 3.74. The molecule has 1 aliphatic rings. The Hall–Kier alpha value is -0.0800. The fraction of sp³-hybridized carbons (Fsp3) is 1.00. The van der Waals surface area contributed by atoms with Gasteiger partial charge in [-0.15, -0.1) is 0 Å². The van der Waals surface area contributed by atoms with Crippen molar-refractivity contribution in [1.29, 1.82) is 0 Å². The fourth-order valence-corrected chi connectivity index (χ4v) is 1.62. The minimum atomic E-state index is 0.203. The molecule has 0 bridgehead atoms. The molecule has 0 aromatic heterocycles. The summed E-state index contributed by atoms with van der Waals surface area (Å²) in [5.41, 5.74) is 0.203. The molecule has 0 spiro atoms. The molecule has 1 saturated heterocycles. The average Bonchev–Trinajstić information content (AvgIpc) is 2.10. The number of aliphatic hydroxyl groups is 1. The van der Waals surface area contributed by atoms with Crippen molar-refractivity contribution in [1.82, 2.24) is 4.90 Å². The molecular weight excluding hydrogens is 126 g/mol. The van der Waals surface area contributed by atoms with Crippen molar-refractivity contribution < 1.29 is 5.11 Å². The predicted octanol–water partition coefficient (Wildman–Crippen LogP) is 0.709. The van der Waals surface area contributed by atoms with Gasteiger partial charge in [0.05, 0.1) is 0 Å². The molecule has 1 N–H and O–H groups in total. The Labute approximate surface area is 62.8 Å². The zero-order valence-electron chi connectivity index (χ0n) is 7.09. The Morgan fingerprint density at radius 2 is 2.20 bits per heavy atom. The van der Waals surface area contributed by atoms with Crippen molar-refractivity contribution >= 4 is 0 Å². The minimum Gasteiger partial charge on any atom is -0.396 e. The average molecular weight is 143 g/mol. The smallest absolute Gasteiger partial charge is 0.0477 e. The van der Waals surface area contributed by atoms with Crippen molar-refractivity contribution in [2.24, 2.45) is 5.92 Å². The molecule has 0 amide bonds. The summed E-state index contributed by atoms with van der Waals surface area (Å²) in [5, 5.41) is 8.99. The Bertz CT molecular complexity index is 122. The van der Waals surface area contributed by atoms with Crippen LogP contribution in [0.5, 0.6) is 0 Å². The van der Waals surface area contributed by atoms with Crippen LogP contribution in [0.4, 0.5) is 0 Å². The topological polar surface area (TPSA) is 23.5 Å². The molecule has 0 radical (unpaired) electrons. The van der Waals surface area contributed by atoms with E-state index in [1.807, 2.05) is 0 Å². The second-order valence-corrected chi connectivity index (χ2v) is 3.74. The van der Waals surface area contributed by atoms with Crippen LogP contribution in [-0.2, 0) is 0 Å². The molecule has 1 aliphatic heterocycles. The van der Waals surface area contributed by atoms with Crippen LogP contribution in [0.25, 0.3) is 0 Å². The molecule has 2 heteroatoms. The molecule has 0 aliphatic carbocycles. The molecule has 2 nitrogen and oxygen atoms in total. The zero-order valence-corrected chi connectivity index (χ0v) is 7.09. The lowest BCUT2D eigenvalue weighted by atomic mass is 9.89. The van der Waals surface area contributed by atoms with Crippen molar-refractivity contribution in [3.63, 3.8) is 0 Å². The number of aliphatic hydroxyl groups excluding tert-OH is 1. The Balaban J connectivity index is 2.64. The van der Waals surface area contributed by atoms with Crippen LogP contribution in [0.15, 0.2) is 0 Å². The van der Waals surface area contributed by atoms with E-state index in [2.05, 4.69) is 25.8 Å². The Kier molecular flexibility index (Phi) is 2.02. The van der Waals surface area contributed by atoms with E-state index in [9.17, 15) is 0 Å². The standard InChI is InChI=1S/C8H17NO/c1-8(2)7(6-10)4-5-9(8)3/h7,10H,4-6H2,1-3H3. The highest BCUT2D eigenvalue weighted by Crippen LogP contribution is 2.32. The first-order valence-electron chi connectivity index (χ1n) is 3.91. The van der Waals surface area contributed by atoms with E-state index >= 15 is 0 Å². The molecule has 0 saturated carbocycles. The highest BCUT2D eigenvalue weighted by Gasteiger charge is 2.38. The Morgan fingerprint density at radius 1 is 1.60 bits per heavy atom. The van der Waals surface area contributed by atoms with Gasteiger partial charge in [0.2, 0.25) is 0 Å². The van der Waals surface area contributed by atoms with Gasteiger partial charge in [0.1, 0.15) is 0 Å². The minimum absolute atomic E-state index is 0.203. The summed E-state index contributed by atoms with van der Waals surface area (Å²) in [6.45, 7) is 5.84. The molecule has 1 rings (SSSR count). The van der Waals surface area contributed by atoms with E-state index < -0.39 is 0 Å². The third-order valence-electron chi connectivity index (χ3n) is 3.02. The first-order chi connectivity index (χ1) is 4.59. The van der Waals surface area contributed by atoms with Gasteiger partial charge in [-0.1, -0.05) is 0 Å². The van der Waals surface area contributed by atoms with Crippen LogP contribution in [-0.4, -0.2) is 35.7 Å². The van der Waals surface area contributed by atoms with Crippen LogP contribution in [0.2, 0.25) is 0 Å². The Morgan fingerprint density at radius 3 is 2.40 bits per heavy atom. The van der Waals surface area contributed by atoms with E-state index in [-0.39, 0.29) is 5.54 Å². The van der Waals surface area contributed by atoms with Crippen LogP contribution < -0.4 is 0 Å². The van der Waals surface area contributed by atoms with E-state index in [4.69, 9.17) is 5.11 Å². The lowest BCUT2D eigenvalue weighted by molar-refractivity contribution is 0.120. The maximum absolute atomic E-state index is 8.99. The summed E-state index contributed by atoms with van der Waals surface area (Å²) < 4.78 is 0. The van der Waals surface area contributed by atoms with Crippen LogP contribution in [0.1, 0.15) is 20.3 Å². The molecule has 60 valence electrons. The van der Waals surface area contributed by atoms with Gasteiger partial charge in [-0.05, 0) is 33.9 Å². The van der Waals surface area contributed by atoms with Crippen LogP contribution >= 0.6 is 0 Å². The van der Waals surface area contributed by atoms with Crippen molar-refractivity contribution in [2.45, 2.75) is 25.8 Å². The lowest BCUT2D eigenvalue weighted by Crippen LogP contribution is -2.40. The highest BCUT2D eigenvalue weighted by molar-refractivity contribution is 4.92. The van der Waals surface area contributed by atoms with Gasteiger partial charge in [-0.3, -0.25) is 0 Å². The summed E-state index contributed by atoms with van der Waals surface area (Å²) in [4.78, 5) is 2.31. The van der Waals surface area contributed by atoms with Gasteiger partial charge in [0.15, 0.2) is 0 Å². The highest BCUT2D eigenvalue weighted by atomic mass is 16.3. The molecule has 1 unspecified atom stereocenters. The van der Waals surface area contributed by atoms with Gasteiger partial charge in [-0.2, -0.15) is 0 Å². The molecule has 1 heterocycles. The molecule has 1 fully saturated rings. The predicted molar refractivity (Wildman–Crippen MR) is 41.9 cm³/mol. The summed E-state index contributed by atoms with van der Waals surface area (Å²) in [6.07, 6.45) is 1.14. The van der Waals surface area contributed by atoms with Gasteiger partial charge in [0, 0.05) is 18.1 Å². The summed E-state index contributed by atoms with van der Waals surface area (Å²) >= 11 is 0. The second kappa shape index (κ2) is 2.51. The number of hydrogen-bond acceptors (Lipinski definition) is 2. The van der Waals surface area contributed by atoms with Crippen molar-refractivity contribution in [3.8, 4) is 0 Å². The van der Waals surface area contributed by atoms with E-state index in [0.717, 1.165) is 13.0 Å². The van der Waals surface area contributed by atoms with Gasteiger partial charge in [0.25, 0.3) is 0 Å². The zero-order chi connectivity index (χ0) is 7.78. The van der Waals surface area contributed by atoms with Crippen molar-refractivity contribution in [3.05, 3.63) is 0 Å². The first-order valence-corrected chi connectivity index (χ1v) is 3.91. The summed E-state index contributed by atoms with van der Waals surface area (Å²) in [5.74, 6) is 0.470. The largest absolute Gasteiger partial charge is 0.396 e. The monoisotopic (exact) mass is 143 g/mol. The van der Waals surface area contributed by atoms with E-state index in [0.29, 0.717) is 12.5 Å². The fourth-order valence-electron chi connectivity index (χ4n) is 1.62. The number of hydrogen-bond donors (Lipinski definition) is 1. The van der Waals surface area contributed by atoms with Crippen molar-refractivity contribution in [2.75, 3.05) is 20.2 Å². The molecule has 10 heavy (non-hydrogen) atoms. The number of likely N-dealkylation sites (tertiary alicyclic amines) is 1.